The van der Waals surface area contributed by atoms with Gasteiger partial charge in [0.15, 0.2) is 0 Å². The summed E-state index contributed by atoms with van der Waals surface area (Å²) in [7, 11) is 0. The van der Waals surface area contributed by atoms with Crippen molar-refractivity contribution in [2.75, 3.05) is 19.8 Å². The molecule has 3 aromatic rings. The highest BCUT2D eigenvalue weighted by atomic mass is 35.5. The van der Waals surface area contributed by atoms with Crippen LogP contribution in [0.1, 0.15) is 28.8 Å². The van der Waals surface area contributed by atoms with E-state index in [1.54, 1.807) is 18.2 Å². The second kappa shape index (κ2) is 7.86. The fourth-order valence-corrected chi connectivity index (χ4v) is 4.02. The monoisotopic (exact) mass is 398 g/mol. The van der Waals surface area contributed by atoms with Crippen molar-refractivity contribution in [1.82, 2.24) is 10.3 Å². The third-order valence-corrected chi connectivity index (χ3v) is 5.60. The van der Waals surface area contributed by atoms with Crippen LogP contribution >= 0.6 is 11.6 Å². The van der Waals surface area contributed by atoms with Gasteiger partial charge in [-0.15, -0.1) is 0 Å². The number of nitrogens with one attached hydrogen (secondary N) is 1. The van der Waals surface area contributed by atoms with Crippen LogP contribution in [0.25, 0.3) is 10.9 Å². The average molecular weight is 399 g/mol. The SMILES string of the molecule is O=C(NCC1(c2cccc(F)c2)CCOCC1)c1cc(Cl)nc2ccccc12. The highest BCUT2D eigenvalue weighted by Crippen LogP contribution is 2.35. The quantitative estimate of drug-likeness (QED) is 0.658. The van der Waals surface area contributed by atoms with Crippen LogP contribution in [-0.4, -0.2) is 30.6 Å². The summed E-state index contributed by atoms with van der Waals surface area (Å²) in [6.07, 6.45) is 1.43. The predicted molar refractivity (Wildman–Crippen MR) is 107 cm³/mol. The van der Waals surface area contributed by atoms with Crippen molar-refractivity contribution < 1.29 is 13.9 Å². The molecule has 1 aliphatic heterocycles. The summed E-state index contributed by atoms with van der Waals surface area (Å²) in [6.45, 7) is 1.56. The minimum Gasteiger partial charge on any atom is -0.381 e. The maximum absolute atomic E-state index is 13.8. The Balaban J connectivity index is 1.62. The van der Waals surface area contributed by atoms with Crippen molar-refractivity contribution >= 4 is 28.4 Å². The third kappa shape index (κ3) is 3.73. The van der Waals surface area contributed by atoms with Gasteiger partial charge in [-0.25, -0.2) is 9.37 Å². The van der Waals surface area contributed by atoms with Gasteiger partial charge in [-0.3, -0.25) is 4.79 Å². The van der Waals surface area contributed by atoms with E-state index in [1.165, 1.54) is 6.07 Å². The summed E-state index contributed by atoms with van der Waals surface area (Å²) >= 11 is 6.11. The smallest absolute Gasteiger partial charge is 0.252 e. The second-order valence-corrected chi connectivity index (χ2v) is 7.48. The molecule has 1 aromatic heterocycles. The Labute approximate surface area is 167 Å². The zero-order chi connectivity index (χ0) is 19.6. The molecule has 2 heterocycles. The fourth-order valence-electron chi connectivity index (χ4n) is 3.82. The first-order chi connectivity index (χ1) is 13.6. The molecule has 144 valence electrons. The normalized spacial score (nSPS) is 16.1. The first-order valence-electron chi connectivity index (χ1n) is 9.25. The van der Waals surface area contributed by atoms with Crippen molar-refractivity contribution in [2.45, 2.75) is 18.3 Å². The lowest BCUT2D eigenvalue weighted by Crippen LogP contribution is -2.44. The van der Waals surface area contributed by atoms with Gasteiger partial charge in [-0.2, -0.15) is 0 Å². The molecule has 4 nitrogen and oxygen atoms in total. The summed E-state index contributed by atoms with van der Waals surface area (Å²) in [6, 6.07) is 15.6. The molecule has 0 spiro atoms. The molecule has 28 heavy (non-hydrogen) atoms. The van der Waals surface area contributed by atoms with Crippen molar-refractivity contribution in [1.29, 1.82) is 0 Å². The summed E-state index contributed by atoms with van der Waals surface area (Å²) < 4.78 is 19.3. The number of pyridine rings is 1. The van der Waals surface area contributed by atoms with E-state index in [1.807, 2.05) is 30.3 Å². The molecule has 0 bridgehead atoms. The van der Waals surface area contributed by atoms with E-state index in [9.17, 15) is 9.18 Å². The number of carbonyl (C=O) groups excluding carboxylic acids is 1. The van der Waals surface area contributed by atoms with Crippen LogP contribution in [0, 0.1) is 5.82 Å². The summed E-state index contributed by atoms with van der Waals surface area (Å²) in [5.74, 6) is -0.496. The van der Waals surface area contributed by atoms with E-state index in [4.69, 9.17) is 16.3 Å². The standard InChI is InChI=1S/C22H20ClFN2O2/c23-20-13-18(17-6-1-2-7-19(17)26-20)21(27)25-14-22(8-10-28-11-9-22)15-4-3-5-16(24)12-15/h1-7,12-13H,8-11,14H2,(H,25,27). The Morgan fingerprint density at radius 1 is 1.14 bits per heavy atom. The number of hydrogen-bond donors (Lipinski definition) is 1. The minimum absolute atomic E-state index is 0.220. The van der Waals surface area contributed by atoms with Crippen LogP contribution in [0.3, 0.4) is 0 Å². The van der Waals surface area contributed by atoms with Gasteiger partial charge in [0.25, 0.3) is 5.91 Å². The molecule has 4 rings (SSSR count). The van der Waals surface area contributed by atoms with E-state index < -0.39 is 0 Å². The Morgan fingerprint density at radius 3 is 2.71 bits per heavy atom. The van der Waals surface area contributed by atoms with Crippen molar-refractivity contribution in [3.63, 3.8) is 0 Å². The molecular weight excluding hydrogens is 379 g/mol. The number of benzene rings is 2. The third-order valence-electron chi connectivity index (χ3n) is 5.40. The van der Waals surface area contributed by atoms with Gasteiger partial charge in [-0.05, 0) is 42.7 Å². The Morgan fingerprint density at radius 2 is 1.93 bits per heavy atom. The van der Waals surface area contributed by atoms with Gasteiger partial charge in [0.2, 0.25) is 0 Å². The first kappa shape index (κ1) is 18.8. The summed E-state index contributed by atoms with van der Waals surface area (Å²) in [5, 5.41) is 4.06. The van der Waals surface area contributed by atoms with E-state index in [0.29, 0.717) is 43.7 Å². The van der Waals surface area contributed by atoms with Crippen molar-refractivity contribution in [3.05, 3.63) is 76.7 Å². The number of hydrogen-bond acceptors (Lipinski definition) is 3. The Kier molecular flexibility index (Phi) is 5.29. The largest absolute Gasteiger partial charge is 0.381 e. The van der Waals surface area contributed by atoms with E-state index in [-0.39, 0.29) is 22.3 Å². The number of halogens is 2. The zero-order valence-electron chi connectivity index (χ0n) is 15.3. The second-order valence-electron chi connectivity index (χ2n) is 7.10. The lowest BCUT2D eigenvalue weighted by Gasteiger charge is -2.38. The molecule has 0 saturated carbocycles. The molecule has 1 aliphatic rings. The van der Waals surface area contributed by atoms with Crippen LogP contribution in [0.4, 0.5) is 4.39 Å². The molecule has 6 heteroatoms. The van der Waals surface area contributed by atoms with E-state index in [0.717, 1.165) is 10.9 Å². The molecule has 0 unspecified atom stereocenters. The molecule has 0 atom stereocenters. The van der Waals surface area contributed by atoms with Gasteiger partial charge in [0.05, 0.1) is 11.1 Å². The maximum Gasteiger partial charge on any atom is 0.252 e. The molecule has 1 saturated heterocycles. The first-order valence-corrected chi connectivity index (χ1v) is 9.62. The van der Waals surface area contributed by atoms with Gasteiger partial charge in [0.1, 0.15) is 11.0 Å². The van der Waals surface area contributed by atoms with Crippen molar-refractivity contribution in [2.24, 2.45) is 0 Å². The van der Waals surface area contributed by atoms with Crippen LogP contribution in [0.15, 0.2) is 54.6 Å². The molecule has 2 aromatic carbocycles. The number of carbonyl (C=O) groups is 1. The van der Waals surface area contributed by atoms with E-state index in [2.05, 4.69) is 10.3 Å². The molecular formula is C22H20ClFN2O2. The summed E-state index contributed by atoms with van der Waals surface area (Å²) in [5.41, 5.74) is 1.68. The number of nitrogens with zero attached hydrogens (tertiary/aromatic N) is 1. The lowest BCUT2D eigenvalue weighted by atomic mass is 9.74. The van der Waals surface area contributed by atoms with Gasteiger partial charge in [0, 0.05) is 30.6 Å². The number of rotatable bonds is 4. The number of ether oxygens (including phenoxy) is 1. The molecule has 1 fully saturated rings. The Hall–Kier alpha value is -2.50. The molecule has 0 radical (unpaired) electrons. The van der Waals surface area contributed by atoms with Crippen molar-refractivity contribution in [3.8, 4) is 0 Å². The van der Waals surface area contributed by atoms with Gasteiger partial charge in [-0.1, -0.05) is 41.9 Å². The highest BCUT2D eigenvalue weighted by molar-refractivity contribution is 6.30. The van der Waals surface area contributed by atoms with Crippen LogP contribution in [-0.2, 0) is 10.2 Å². The number of fused-ring (bicyclic) bond motifs is 1. The van der Waals surface area contributed by atoms with Crippen LogP contribution in [0.5, 0.6) is 0 Å². The van der Waals surface area contributed by atoms with Crippen LogP contribution in [0.2, 0.25) is 5.15 Å². The highest BCUT2D eigenvalue weighted by Gasteiger charge is 2.35. The lowest BCUT2D eigenvalue weighted by molar-refractivity contribution is 0.0486. The van der Waals surface area contributed by atoms with E-state index >= 15 is 0 Å². The minimum atomic E-state index is -0.358. The molecule has 1 N–H and O–H groups in total. The summed E-state index contributed by atoms with van der Waals surface area (Å²) in [4.78, 5) is 17.3. The zero-order valence-corrected chi connectivity index (χ0v) is 16.0. The number of para-hydroxylation sites is 1. The number of aromatic nitrogens is 1. The van der Waals surface area contributed by atoms with Gasteiger partial charge < -0.3 is 10.1 Å². The Bertz CT molecular complexity index is 1020. The predicted octanol–water partition coefficient (Wildman–Crippen LogP) is 4.51. The topological polar surface area (TPSA) is 51.2 Å². The number of amides is 1. The fraction of sp³-hybridized carbons (Fsp3) is 0.273. The molecule has 0 aliphatic carbocycles. The van der Waals surface area contributed by atoms with Gasteiger partial charge >= 0.3 is 0 Å². The molecule has 1 amide bonds. The van der Waals surface area contributed by atoms with Crippen LogP contribution < -0.4 is 5.32 Å². The average Bonchev–Trinajstić information content (AvgIpc) is 2.72. The maximum atomic E-state index is 13.8.